The standard InChI is InChI=1S/C24H24N4O3/c1-17-26-24(31-16-20-15-29-11-12-30-20)14-22-21-5-3-18(13-19(21)7-9-28(17)22)4-6-23-25-8-10-27(23)2/h3,5,8,10,13-14,20H,1,7,9,11-12,15-16H2,2H3. The molecular formula is C24H24N4O3. The van der Waals surface area contributed by atoms with Gasteiger partial charge in [0.05, 0.1) is 25.5 Å². The van der Waals surface area contributed by atoms with Crippen LogP contribution in [0.4, 0.5) is 0 Å². The topological polar surface area (TPSA) is 61.1 Å². The molecule has 2 aromatic rings. The second-order valence-electron chi connectivity index (χ2n) is 7.66. The SMILES string of the molecule is C=C1N=C(OCC2COCCO2)C=C2c3ccc(C#Cc4nccn4C)cc3CCN12. The number of ether oxygens (including phenoxy) is 3. The van der Waals surface area contributed by atoms with Crippen molar-refractivity contribution in [3.63, 3.8) is 0 Å². The minimum Gasteiger partial charge on any atom is -0.475 e. The third-order valence-corrected chi connectivity index (χ3v) is 5.53. The molecule has 0 bridgehead atoms. The van der Waals surface area contributed by atoms with Crippen LogP contribution in [0.3, 0.4) is 0 Å². The van der Waals surface area contributed by atoms with E-state index in [9.17, 15) is 0 Å². The molecule has 0 N–H and O–H groups in total. The molecule has 31 heavy (non-hydrogen) atoms. The third-order valence-electron chi connectivity index (χ3n) is 5.53. The van der Waals surface area contributed by atoms with Crippen LogP contribution in [-0.4, -0.2) is 59.4 Å². The Morgan fingerprint density at radius 1 is 1.29 bits per heavy atom. The summed E-state index contributed by atoms with van der Waals surface area (Å²) in [6, 6.07) is 6.32. The quantitative estimate of drug-likeness (QED) is 0.704. The second-order valence-corrected chi connectivity index (χ2v) is 7.66. The summed E-state index contributed by atoms with van der Waals surface area (Å²) in [7, 11) is 1.94. The molecule has 3 aliphatic rings. The molecule has 1 aromatic heterocycles. The first kappa shape index (κ1) is 19.6. The second kappa shape index (κ2) is 8.42. The molecule has 0 amide bonds. The number of fused-ring (bicyclic) bond motifs is 3. The highest BCUT2D eigenvalue weighted by atomic mass is 16.6. The van der Waals surface area contributed by atoms with E-state index in [-0.39, 0.29) is 6.10 Å². The maximum atomic E-state index is 5.92. The number of hydrogen-bond donors (Lipinski definition) is 0. The lowest BCUT2D eigenvalue weighted by atomic mass is 9.93. The van der Waals surface area contributed by atoms with Gasteiger partial charge in [-0.3, -0.25) is 0 Å². The van der Waals surface area contributed by atoms with E-state index in [1.54, 1.807) is 6.20 Å². The first-order valence-corrected chi connectivity index (χ1v) is 10.4. The van der Waals surface area contributed by atoms with E-state index in [1.165, 1.54) is 5.56 Å². The molecule has 4 heterocycles. The summed E-state index contributed by atoms with van der Waals surface area (Å²) < 4.78 is 18.9. The van der Waals surface area contributed by atoms with E-state index in [2.05, 4.69) is 45.4 Å². The van der Waals surface area contributed by atoms with Crippen molar-refractivity contribution >= 4 is 11.6 Å². The molecule has 1 atom stereocenters. The molecular weight excluding hydrogens is 392 g/mol. The van der Waals surface area contributed by atoms with Crippen molar-refractivity contribution in [3.8, 4) is 11.8 Å². The predicted octanol–water partition coefficient (Wildman–Crippen LogP) is 2.33. The number of aromatic nitrogens is 2. The number of aryl methyl sites for hydroxylation is 1. The maximum Gasteiger partial charge on any atom is 0.217 e. The molecule has 7 heteroatoms. The normalized spacial score (nSPS) is 20.1. The van der Waals surface area contributed by atoms with Crippen molar-refractivity contribution in [2.75, 3.05) is 33.0 Å². The van der Waals surface area contributed by atoms with Gasteiger partial charge in [0.25, 0.3) is 0 Å². The number of hydrogen-bond acceptors (Lipinski definition) is 6. The highest BCUT2D eigenvalue weighted by Crippen LogP contribution is 2.34. The van der Waals surface area contributed by atoms with E-state index >= 15 is 0 Å². The van der Waals surface area contributed by atoms with Crippen LogP contribution in [-0.2, 0) is 27.7 Å². The molecule has 158 valence electrons. The number of aliphatic imine (C=N–C) groups is 1. The zero-order valence-corrected chi connectivity index (χ0v) is 17.5. The molecule has 1 fully saturated rings. The minimum atomic E-state index is -0.0698. The van der Waals surface area contributed by atoms with Gasteiger partial charge in [-0.2, -0.15) is 4.99 Å². The molecule has 0 saturated carbocycles. The van der Waals surface area contributed by atoms with Gasteiger partial charge in [0.15, 0.2) is 5.82 Å². The fourth-order valence-electron chi connectivity index (χ4n) is 3.89. The van der Waals surface area contributed by atoms with Gasteiger partial charge < -0.3 is 23.7 Å². The lowest BCUT2D eigenvalue weighted by molar-refractivity contribution is -0.103. The van der Waals surface area contributed by atoms with Crippen molar-refractivity contribution in [2.24, 2.45) is 12.0 Å². The van der Waals surface area contributed by atoms with Crippen LogP contribution in [0.15, 0.2) is 54.1 Å². The number of rotatable bonds is 2. The number of nitrogens with zero attached hydrogens (tertiary/aromatic N) is 4. The van der Waals surface area contributed by atoms with Crippen LogP contribution < -0.4 is 0 Å². The summed E-state index contributed by atoms with van der Waals surface area (Å²) in [5.74, 6) is 8.36. The molecule has 1 saturated heterocycles. The predicted molar refractivity (Wildman–Crippen MR) is 117 cm³/mol. The minimum absolute atomic E-state index is 0.0698. The van der Waals surface area contributed by atoms with E-state index in [1.807, 2.05) is 30.0 Å². The van der Waals surface area contributed by atoms with Crippen LogP contribution >= 0.6 is 0 Å². The van der Waals surface area contributed by atoms with Gasteiger partial charge in [0.1, 0.15) is 18.5 Å². The van der Waals surface area contributed by atoms with Crippen LogP contribution in [0.2, 0.25) is 0 Å². The highest BCUT2D eigenvalue weighted by molar-refractivity contribution is 5.98. The van der Waals surface area contributed by atoms with Gasteiger partial charge in [-0.05, 0) is 30.0 Å². The van der Waals surface area contributed by atoms with E-state index in [4.69, 9.17) is 14.2 Å². The molecule has 0 spiro atoms. The largest absolute Gasteiger partial charge is 0.475 e. The number of imidazole rings is 1. The fraction of sp³-hybridized carbons (Fsp3) is 0.333. The first-order valence-electron chi connectivity index (χ1n) is 10.4. The van der Waals surface area contributed by atoms with Crippen molar-refractivity contribution in [1.29, 1.82) is 0 Å². The lowest BCUT2D eigenvalue weighted by Gasteiger charge is -2.35. The Morgan fingerprint density at radius 3 is 3.03 bits per heavy atom. The average Bonchev–Trinajstić information content (AvgIpc) is 3.21. The summed E-state index contributed by atoms with van der Waals surface area (Å²) >= 11 is 0. The molecule has 3 aliphatic heterocycles. The fourth-order valence-corrected chi connectivity index (χ4v) is 3.89. The summed E-state index contributed by atoms with van der Waals surface area (Å²) in [4.78, 5) is 10.9. The summed E-state index contributed by atoms with van der Waals surface area (Å²) in [5.41, 5.74) is 4.45. The van der Waals surface area contributed by atoms with Crippen molar-refractivity contribution in [3.05, 3.63) is 71.6 Å². The van der Waals surface area contributed by atoms with Gasteiger partial charge in [-0.25, -0.2) is 4.98 Å². The molecule has 1 unspecified atom stereocenters. The number of benzene rings is 1. The Hall–Kier alpha value is -3.34. The third kappa shape index (κ3) is 4.13. The Morgan fingerprint density at radius 2 is 2.23 bits per heavy atom. The first-order chi connectivity index (χ1) is 15.2. The van der Waals surface area contributed by atoms with E-state index in [0.717, 1.165) is 35.6 Å². The maximum absolute atomic E-state index is 5.92. The van der Waals surface area contributed by atoms with E-state index in [0.29, 0.717) is 38.1 Å². The van der Waals surface area contributed by atoms with E-state index < -0.39 is 0 Å². The molecule has 7 nitrogen and oxygen atoms in total. The van der Waals surface area contributed by atoms with Gasteiger partial charge >= 0.3 is 0 Å². The Bertz CT molecular complexity index is 1130. The van der Waals surface area contributed by atoms with Gasteiger partial charge in [-0.15, -0.1) is 0 Å². The average molecular weight is 416 g/mol. The molecule has 1 aromatic carbocycles. The van der Waals surface area contributed by atoms with Gasteiger partial charge in [0, 0.05) is 43.2 Å². The Labute approximate surface area is 181 Å². The van der Waals surface area contributed by atoms with Gasteiger partial charge in [0.2, 0.25) is 5.90 Å². The summed E-state index contributed by atoms with van der Waals surface area (Å²) in [6.45, 7) is 7.14. The molecule has 0 radical (unpaired) electrons. The summed E-state index contributed by atoms with van der Waals surface area (Å²) in [6.07, 6.45) is 6.46. The highest BCUT2D eigenvalue weighted by Gasteiger charge is 2.27. The van der Waals surface area contributed by atoms with Crippen LogP contribution in [0.5, 0.6) is 0 Å². The Balaban J connectivity index is 1.36. The zero-order valence-electron chi connectivity index (χ0n) is 17.5. The zero-order chi connectivity index (χ0) is 21.2. The molecule has 0 aliphatic carbocycles. The Kier molecular flexibility index (Phi) is 5.33. The van der Waals surface area contributed by atoms with Crippen LogP contribution in [0, 0.1) is 11.8 Å². The smallest absolute Gasteiger partial charge is 0.217 e. The summed E-state index contributed by atoms with van der Waals surface area (Å²) in [5, 5.41) is 0. The molecule has 5 rings (SSSR count). The monoisotopic (exact) mass is 416 g/mol. The van der Waals surface area contributed by atoms with Crippen molar-refractivity contribution in [1.82, 2.24) is 14.5 Å². The lowest BCUT2D eigenvalue weighted by Crippen LogP contribution is -2.35. The van der Waals surface area contributed by atoms with Gasteiger partial charge in [-0.1, -0.05) is 18.6 Å². The van der Waals surface area contributed by atoms with Crippen molar-refractivity contribution < 1.29 is 14.2 Å². The van der Waals surface area contributed by atoms with Crippen LogP contribution in [0.25, 0.3) is 5.70 Å². The van der Waals surface area contributed by atoms with Crippen molar-refractivity contribution in [2.45, 2.75) is 12.5 Å². The van der Waals surface area contributed by atoms with Crippen LogP contribution in [0.1, 0.15) is 22.5 Å².